The molecule has 184 valence electrons. The van der Waals surface area contributed by atoms with Crippen molar-refractivity contribution in [2.75, 3.05) is 48.5 Å². The zero-order chi connectivity index (χ0) is 25.3. The predicted molar refractivity (Wildman–Crippen MR) is 126 cm³/mol. The molecule has 0 bridgehead atoms. The van der Waals surface area contributed by atoms with Gasteiger partial charge in [0, 0.05) is 11.0 Å². The van der Waals surface area contributed by atoms with Gasteiger partial charge in [-0.15, -0.1) is 0 Å². The second-order valence-electron chi connectivity index (χ2n) is 8.54. The molecule has 0 aliphatic carbocycles. The molecule has 1 N–H and O–H groups in total. The normalized spacial score (nSPS) is 15.9. The fourth-order valence-corrected chi connectivity index (χ4v) is 4.28. The van der Waals surface area contributed by atoms with Gasteiger partial charge in [-0.1, -0.05) is 18.2 Å². The first-order valence-corrected chi connectivity index (χ1v) is 11.1. The minimum Gasteiger partial charge on any atom is -0.868 e. The lowest BCUT2D eigenvalue weighted by Gasteiger charge is -2.28. The number of benzene rings is 2. The number of carbonyl (C=O) groups excluding carboxylic acids is 2. The Balaban J connectivity index is 1.86. The van der Waals surface area contributed by atoms with Crippen molar-refractivity contribution in [3.05, 3.63) is 65.1 Å². The van der Waals surface area contributed by atoms with Crippen LogP contribution >= 0.6 is 0 Å². The van der Waals surface area contributed by atoms with Gasteiger partial charge in [0.05, 0.1) is 54.6 Å². The maximum atomic E-state index is 13.6. The minimum atomic E-state index is -0.941. The summed E-state index contributed by atoms with van der Waals surface area (Å²) >= 11 is 0. The third kappa shape index (κ3) is 4.30. The molecular weight excluding hydrogens is 452 g/mol. The van der Waals surface area contributed by atoms with E-state index in [4.69, 9.17) is 18.6 Å². The maximum Gasteiger partial charge on any atom is 0.240 e. The Labute approximate surface area is 203 Å². The highest BCUT2D eigenvalue weighted by Crippen LogP contribution is 2.45. The van der Waals surface area contributed by atoms with E-state index >= 15 is 0 Å². The number of furan rings is 1. The number of ketones is 1. The zero-order valence-corrected chi connectivity index (χ0v) is 20.3. The van der Waals surface area contributed by atoms with E-state index in [9.17, 15) is 14.7 Å². The molecule has 1 aliphatic rings. The van der Waals surface area contributed by atoms with Crippen molar-refractivity contribution < 1.29 is 38.2 Å². The van der Waals surface area contributed by atoms with E-state index in [1.165, 1.54) is 26.2 Å². The van der Waals surface area contributed by atoms with E-state index in [0.717, 1.165) is 10.3 Å². The molecule has 1 atom stereocenters. The number of nitrogens with zero attached hydrogens (tertiary/aromatic N) is 1. The number of para-hydroxylation sites is 1. The first-order valence-electron chi connectivity index (χ1n) is 11.1. The molecule has 9 nitrogen and oxygen atoms in total. The maximum absolute atomic E-state index is 13.6. The summed E-state index contributed by atoms with van der Waals surface area (Å²) in [4.78, 5) is 29.3. The molecule has 35 heavy (non-hydrogen) atoms. The third-order valence-corrected chi connectivity index (χ3v) is 6.03. The summed E-state index contributed by atoms with van der Waals surface area (Å²) in [5.74, 6) is -1.14. The van der Waals surface area contributed by atoms with Crippen LogP contribution in [0, 0.1) is 0 Å². The van der Waals surface area contributed by atoms with Crippen molar-refractivity contribution in [2.45, 2.75) is 6.04 Å². The van der Waals surface area contributed by atoms with Gasteiger partial charge in [0.2, 0.25) is 17.4 Å². The van der Waals surface area contributed by atoms with Crippen LogP contribution in [0.3, 0.4) is 0 Å². The molecule has 9 heteroatoms. The van der Waals surface area contributed by atoms with Crippen molar-refractivity contribution >= 4 is 22.7 Å². The molecular formula is C26H28N2O7. The second kappa shape index (κ2) is 9.71. The van der Waals surface area contributed by atoms with Crippen LogP contribution < -0.4 is 24.2 Å². The van der Waals surface area contributed by atoms with Crippen LogP contribution in [-0.4, -0.2) is 65.1 Å². The van der Waals surface area contributed by atoms with Crippen LogP contribution in [0.15, 0.2) is 58.2 Å². The third-order valence-electron chi connectivity index (χ3n) is 6.03. The monoisotopic (exact) mass is 480 g/mol. The summed E-state index contributed by atoms with van der Waals surface area (Å²) < 4.78 is 22.1. The number of quaternary nitrogens is 1. The molecule has 1 aliphatic heterocycles. The number of hydrogen-bond acceptors (Lipinski definition) is 7. The lowest BCUT2D eigenvalue weighted by atomic mass is 9.94. The first kappa shape index (κ1) is 24.2. The number of nitrogens with one attached hydrogen (secondary N) is 1. The van der Waals surface area contributed by atoms with Crippen molar-refractivity contribution in [2.24, 2.45) is 0 Å². The Hall–Kier alpha value is -3.98. The average Bonchev–Trinajstić information content (AvgIpc) is 3.40. The van der Waals surface area contributed by atoms with Gasteiger partial charge in [-0.05, 0) is 35.6 Å². The summed E-state index contributed by atoms with van der Waals surface area (Å²) in [6, 6.07) is 11.1. The highest BCUT2D eigenvalue weighted by atomic mass is 16.5. The summed E-state index contributed by atoms with van der Waals surface area (Å²) in [5, 5.41) is 13.9. The zero-order valence-electron chi connectivity index (χ0n) is 20.3. The van der Waals surface area contributed by atoms with Crippen LogP contribution in [0.4, 0.5) is 0 Å². The summed E-state index contributed by atoms with van der Waals surface area (Å²) in [6.07, 6.45) is 0. The summed E-state index contributed by atoms with van der Waals surface area (Å²) in [5.41, 5.74) is 0.842. The summed E-state index contributed by atoms with van der Waals surface area (Å²) in [7, 11) is 8.33. The Morgan fingerprint density at radius 1 is 1.06 bits per heavy atom. The Morgan fingerprint density at radius 2 is 1.71 bits per heavy atom. The molecule has 0 radical (unpaired) electrons. The van der Waals surface area contributed by atoms with Gasteiger partial charge < -0.3 is 33.5 Å². The number of methoxy groups -OCH3 is 3. The van der Waals surface area contributed by atoms with Crippen molar-refractivity contribution in [3.8, 4) is 17.2 Å². The van der Waals surface area contributed by atoms with E-state index in [1.807, 2.05) is 26.2 Å². The Kier molecular flexibility index (Phi) is 6.70. The largest absolute Gasteiger partial charge is 0.868 e. The lowest BCUT2D eigenvalue weighted by Crippen LogP contribution is -3.06. The number of ether oxygens (including phenoxy) is 3. The van der Waals surface area contributed by atoms with Crippen LogP contribution in [0.1, 0.15) is 22.2 Å². The smallest absolute Gasteiger partial charge is 0.240 e. The van der Waals surface area contributed by atoms with Gasteiger partial charge in [-0.2, -0.15) is 0 Å². The number of carbonyl (C=O) groups is 2. The molecule has 0 fully saturated rings. The van der Waals surface area contributed by atoms with Gasteiger partial charge in [0.15, 0.2) is 17.3 Å². The predicted octanol–water partition coefficient (Wildman–Crippen LogP) is 0.984. The van der Waals surface area contributed by atoms with Gasteiger partial charge in [0.1, 0.15) is 5.58 Å². The quantitative estimate of drug-likeness (QED) is 0.455. The number of amides is 1. The molecule has 4 rings (SSSR count). The van der Waals surface area contributed by atoms with Crippen LogP contribution in [0.25, 0.3) is 11.0 Å². The molecule has 2 heterocycles. The van der Waals surface area contributed by atoms with Gasteiger partial charge in [-0.3, -0.25) is 9.59 Å². The molecule has 1 unspecified atom stereocenters. The van der Waals surface area contributed by atoms with Crippen molar-refractivity contribution in [3.63, 3.8) is 0 Å². The van der Waals surface area contributed by atoms with Crippen molar-refractivity contribution in [1.82, 2.24) is 4.90 Å². The number of Topliss-reactive ketones (excluding diaryl/α,β-unsaturated/α-hetero) is 1. The SMILES string of the molecule is COc1cc(C2C(C(=O)c3cc4ccccc4o3)=C([O-])C(=O)N2CC[NH+](C)C)cc(OC)c1OC. The first-order chi connectivity index (χ1) is 16.8. The van der Waals surface area contributed by atoms with E-state index in [1.54, 1.807) is 30.3 Å². The average molecular weight is 481 g/mol. The Bertz CT molecular complexity index is 1250. The molecule has 2 aromatic carbocycles. The van der Waals surface area contributed by atoms with Crippen LogP contribution in [0.2, 0.25) is 0 Å². The summed E-state index contributed by atoms with van der Waals surface area (Å²) in [6.45, 7) is 0.844. The molecule has 0 saturated heterocycles. The highest BCUT2D eigenvalue weighted by molar-refractivity contribution is 6.15. The van der Waals surface area contributed by atoms with E-state index in [0.29, 0.717) is 34.9 Å². The van der Waals surface area contributed by atoms with Gasteiger partial charge >= 0.3 is 0 Å². The van der Waals surface area contributed by atoms with Gasteiger partial charge in [0.25, 0.3) is 0 Å². The lowest BCUT2D eigenvalue weighted by molar-refractivity contribution is -0.857. The molecule has 0 spiro atoms. The molecule has 1 amide bonds. The molecule has 1 aromatic heterocycles. The number of fused-ring (bicyclic) bond motifs is 1. The van der Waals surface area contributed by atoms with E-state index < -0.39 is 23.5 Å². The van der Waals surface area contributed by atoms with E-state index in [-0.39, 0.29) is 17.9 Å². The van der Waals surface area contributed by atoms with Crippen LogP contribution in [0.5, 0.6) is 17.2 Å². The van der Waals surface area contributed by atoms with E-state index in [2.05, 4.69) is 0 Å². The second-order valence-corrected chi connectivity index (χ2v) is 8.54. The molecule has 0 saturated carbocycles. The fourth-order valence-electron chi connectivity index (χ4n) is 4.28. The van der Waals surface area contributed by atoms with Crippen LogP contribution in [-0.2, 0) is 4.79 Å². The number of rotatable bonds is 9. The minimum absolute atomic E-state index is 0.000115. The van der Waals surface area contributed by atoms with Crippen molar-refractivity contribution in [1.29, 1.82) is 0 Å². The standard InChI is InChI=1S/C26H28N2O7/c1-27(2)10-11-28-22(16-13-19(32-3)25(34-5)20(14-16)33-4)21(24(30)26(28)31)23(29)18-12-15-8-6-7-9-17(15)35-18/h6-9,12-14,22,30H,10-11H2,1-5H3. The van der Waals surface area contributed by atoms with Gasteiger partial charge in [-0.25, -0.2) is 0 Å². The highest BCUT2D eigenvalue weighted by Gasteiger charge is 2.41. The topological polar surface area (TPSA) is 106 Å². The fraction of sp³-hybridized carbons (Fsp3) is 0.308. The number of hydrogen-bond donors (Lipinski definition) is 1. The Morgan fingerprint density at radius 3 is 2.29 bits per heavy atom. The molecule has 3 aromatic rings. The number of likely N-dealkylation sites (N-methyl/N-ethyl adjacent to an activating group) is 1.